The molecular weight excluding hydrogens is 234 g/mol. The number of para-hydroxylation sites is 1. The number of aromatic carboxylic acids is 1. The molecule has 0 saturated carbocycles. The Labute approximate surface area is 82.5 Å². The fourth-order valence-corrected chi connectivity index (χ4v) is 1.86. The van der Waals surface area contributed by atoms with Crippen LogP contribution in [0.3, 0.4) is 0 Å². The van der Waals surface area contributed by atoms with Crippen molar-refractivity contribution >= 4 is 32.8 Å². The number of hydrogen-bond acceptors (Lipinski definition) is 2. The Hall–Kier alpha value is -1.29. The molecule has 0 aliphatic heterocycles. The summed E-state index contributed by atoms with van der Waals surface area (Å²) in [7, 11) is 0. The van der Waals surface area contributed by atoms with Gasteiger partial charge in [0.05, 0.1) is 16.1 Å². The third-order valence-corrected chi connectivity index (χ3v) is 2.67. The number of H-pyrrole nitrogens is 1. The molecule has 1 heterocycles. The van der Waals surface area contributed by atoms with Crippen molar-refractivity contribution in [3.8, 4) is 0 Å². The molecule has 0 aliphatic carbocycles. The van der Waals surface area contributed by atoms with Gasteiger partial charge in [-0.25, -0.2) is 0 Å². The molecule has 0 atom stereocenters. The van der Waals surface area contributed by atoms with Gasteiger partial charge in [-0.2, -0.15) is 0 Å². The Balaban J connectivity index is 2.81. The minimum absolute atomic E-state index is 0.0844. The Morgan fingerprint density at radius 3 is 2.69 bits per heavy atom. The standard InChI is InChI=1S/C9H6BrNO2/c10-7-5-3-1-2-4-6(5)11-8(7)9(12)13/h1-4,11H,(H,12,13)/p-1. The molecule has 2 aromatic rings. The molecule has 3 nitrogen and oxygen atoms in total. The molecule has 0 unspecified atom stereocenters. The number of benzene rings is 1. The highest BCUT2D eigenvalue weighted by Gasteiger charge is 2.07. The van der Waals surface area contributed by atoms with E-state index in [-0.39, 0.29) is 5.69 Å². The van der Waals surface area contributed by atoms with E-state index in [9.17, 15) is 9.90 Å². The van der Waals surface area contributed by atoms with E-state index in [1.54, 1.807) is 0 Å². The maximum atomic E-state index is 10.6. The minimum atomic E-state index is -1.21. The highest BCUT2D eigenvalue weighted by atomic mass is 79.9. The average Bonchev–Trinajstić information content (AvgIpc) is 2.45. The zero-order valence-corrected chi connectivity index (χ0v) is 8.09. The zero-order chi connectivity index (χ0) is 9.42. The van der Waals surface area contributed by atoms with E-state index < -0.39 is 5.97 Å². The predicted octanol–water partition coefficient (Wildman–Crippen LogP) is 1.29. The van der Waals surface area contributed by atoms with Crippen molar-refractivity contribution in [2.45, 2.75) is 0 Å². The van der Waals surface area contributed by atoms with Crippen LogP contribution in [0, 0.1) is 0 Å². The van der Waals surface area contributed by atoms with Gasteiger partial charge in [-0.3, -0.25) is 0 Å². The SMILES string of the molecule is O=C([O-])c1[nH]c2ccccc2c1Br. The van der Waals surface area contributed by atoms with Crippen LogP contribution in [0.5, 0.6) is 0 Å². The van der Waals surface area contributed by atoms with E-state index in [1.165, 1.54) is 0 Å². The Bertz CT molecular complexity index is 475. The van der Waals surface area contributed by atoms with Gasteiger partial charge in [0.2, 0.25) is 0 Å². The second kappa shape index (κ2) is 2.88. The number of aromatic amines is 1. The van der Waals surface area contributed by atoms with E-state index in [0.29, 0.717) is 4.47 Å². The monoisotopic (exact) mass is 238 g/mol. The third kappa shape index (κ3) is 1.23. The number of carbonyl (C=O) groups is 1. The van der Waals surface area contributed by atoms with Gasteiger partial charge >= 0.3 is 0 Å². The first-order valence-corrected chi connectivity index (χ1v) is 4.47. The molecule has 1 aromatic heterocycles. The van der Waals surface area contributed by atoms with Crippen LogP contribution >= 0.6 is 15.9 Å². The molecule has 1 aromatic carbocycles. The van der Waals surface area contributed by atoms with Crippen LogP contribution in [-0.4, -0.2) is 11.0 Å². The molecule has 0 saturated heterocycles. The highest BCUT2D eigenvalue weighted by molar-refractivity contribution is 9.10. The van der Waals surface area contributed by atoms with E-state index in [4.69, 9.17) is 0 Å². The molecule has 0 amide bonds. The van der Waals surface area contributed by atoms with Gasteiger partial charge in [0.1, 0.15) is 0 Å². The number of rotatable bonds is 1. The zero-order valence-electron chi connectivity index (χ0n) is 6.50. The van der Waals surface area contributed by atoms with Crippen molar-refractivity contribution in [1.29, 1.82) is 0 Å². The summed E-state index contributed by atoms with van der Waals surface area (Å²) >= 11 is 3.20. The number of carboxylic acid groups (broad SMARTS) is 1. The maximum absolute atomic E-state index is 10.6. The lowest BCUT2D eigenvalue weighted by Gasteiger charge is -1.97. The molecule has 0 aliphatic rings. The van der Waals surface area contributed by atoms with Gasteiger partial charge in [-0.15, -0.1) is 0 Å². The van der Waals surface area contributed by atoms with E-state index in [2.05, 4.69) is 20.9 Å². The quantitative estimate of drug-likeness (QED) is 0.815. The first kappa shape index (κ1) is 8.31. The van der Waals surface area contributed by atoms with Crippen molar-refractivity contribution < 1.29 is 9.90 Å². The summed E-state index contributed by atoms with van der Waals surface area (Å²) in [4.78, 5) is 13.4. The molecule has 0 radical (unpaired) electrons. The smallest absolute Gasteiger partial charge is 0.0890 e. The highest BCUT2D eigenvalue weighted by Crippen LogP contribution is 2.26. The molecule has 4 heteroatoms. The summed E-state index contributed by atoms with van der Waals surface area (Å²) in [6.07, 6.45) is 0. The van der Waals surface area contributed by atoms with Crippen LogP contribution in [0.25, 0.3) is 10.9 Å². The van der Waals surface area contributed by atoms with Gasteiger partial charge in [-0.05, 0) is 22.0 Å². The largest absolute Gasteiger partial charge is 0.543 e. The number of halogens is 1. The predicted molar refractivity (Wildman–Crippen MR) is 50.3 cm³/mol. The third-order valence-electron chi connectivity index (χ3n) is 1.85. The minimum Gasteiger partial charge on any atom is -0.543 e. The van der Waals surface area contributed by atoms with Crippen molar-refractivity contribution in [2.24, 2.45) is 0 Å². The molecule has 1 N–H and O–H groups in total. The van der Waals surface area contributed by atoms with Crippen LogP contribution in [-0.2, 0) is 0 Å². The van der Waals surface area contributed by atoms with Gasteiger partial charge < -0.3 is 14.9 Å². The topological polar surface area (TPSA) is 55.9 Å². The lowest BCUT2D eigenvalue weighted by molar-refractivity contribution is -0.255. The lowest BCUT2D eigenvalue weighted by atomic mass is 10.2. The summed E-state index contributed by atoms with van der Waals surface area (Å²) < 4.78 is 0.545. The Morgan fingerprint density at radius 1 is 1.38 bits per heavy atom. The summed E-state index contributed by atoms with van der Waals surface area (Å²) in [6.45, 7) is 0. The molecule has 0 spiro atoms. The Kier molecular flexibility index (Phi) is 1.84. The lowest BCUT2D eigenvalue weighted by Crippen LogP contribution is -2.22. The van der Waals surface area contributed by atoms with Gasteiger partial charge in [0.25, 0.3) is 0 Å². The van der Waals surface area contributed by atoms with Crippen molar-refractivity contribution in [2.75, 3.05) is 0 Å². The molecule has 0 fully saturated rings. The fourth-order valence-electron chi connectivity index (χ4n) is 1.25. The number of carboxylic acids is 1. The molecule has 2 rings (SSSR count). The number of hydrogen-bond donors (Lipinski definition) is 1. The molecule has 66 valence electrons. The summed E-state index contributed by atoms with van der Waals surface area (Å²) in [5, 5.41) is 11.5. The molecular formula is C9H5BrNO2-. The van der Waals surface area contributed by atoms with Gasteiger partial charge in [0, 0.05) is 10.9 Å². The van der Waals surface area contributed by atoms with Crippen molar-refractivity contribution in [3.63, 3.8) is 0 Å². The summed E-state index contributed by atoms with van der Waals surface area (Å²) in [6, 6.07) is 7.33. The van der Waals surface area contributed by atoms with Gasteiger partial charge in [0.15, 0.2) is 0 Å². The van der Waals surface area contributed by atoms with Crippen molar-refractivity contribution in [3.05, 3.63) is 34.4 Å². The van der Waals surface area contributed by atoms with Crippen LogP contribution in [0.1, 0.15) is 10.5 Å². The first-order chi connectivity index (χ1) is 6.20. The van der Waals surface area contributed by atoms with E-state index in [0.717, 1.165) is 10.9 Å². The number of fused-ring (bicyclic) bond motifs is 1. The van der Waals surface area contributed by atoms with Crippen molar-refractivity contribution in [1.82, 2.24) is 4.98 Å². The average molecular weight is 239 g/mol. The number of aromatic nitrogens is 1. The number of carbonyl (C=O) groups excluding carboxylic acids is 1. The number of nitrogens with one attached hydrogen (secondary N) is 1. The molecule has 0 bridgehead atoms. The van der Waals surface area contributed by atoms with Gasteiger partial charge in [-0.1, -0.05) is 18.2 Å². The Morgan fingerprint density at radius 2 is 2.08 bits per heavy atom. The van der Waals surface area contributed by atoms with E-state index in [1.807, 2.05) is 24.3 Å². The van der Waals surface area contributed by atoms with E-state index >= 15 is 0 Å². The van der Waals surface area contributed by atoms with Crippen LogP contribution < -0.4 is 5.11 Å². The fraction of sp³-hybridized carbons (Fsp3) is 0. The second-order valence-electron chi connectivity index (χ2n) is 2.65. The second-order valence-corrected chi connectivity index (χ2v) is 3.44. The normalized spacial score (nSPS) is 10.5. The summed E-state index contributed by atoms with van der Waals surface area (Å²) in [5.41, 5.74) is 0.870. The van der Waals surface area contributed by atoms with Crippen LogP contribution in [0.4, 0.5) is 0 Å². The van der Waals surface area contributed by atoms with Crippen LogP contribution in [0.2, 0.25) is 0 Å². The van der Waals surface area contributed by atoms with Crippen LogP contribution in [0.15, 0.2) is 28.7 Å². The first-order valence-electron chi connectivity index (χ1n) is 3.67. The molecule has 13 heavy (non-hydrogen) atoms. The maximum Gasteiger partial charge on any atom is 0.0890 e. The summed E-state index contributed by atoms with van der Waals surface area (Å²) in [5.74, 6) is -1.21.